The normalized spacial score (nSPS) is 11.6. The molecule has 0 unspecified atom stereocenters. The minimum atomic E-state index is 0.519. The average molecular weight is 658 g/mol. The third kappa shape index (κ3) is 4.61. The van der Waals surface area contributed by atoms with Crippen molar-refractivity contribution in [1.29, 1.82) is 0 Å². The zero-order chi connectivity index (χ0) is 33.0. The SMILES string of the molecule is c1ccc(-c2nc(-c3ccccc3)nc(-c3ncccc3-n3c4ccccc4c4ccc(-c5cccc6c5sc5ccccc56)cc43)n2)cc1. The Hall–Kier alpha value is -6.50. The first kappa shape index (κ1) is 28.5. The number of benzene rings is 6. The van der Waals surface area contributed by atoms with Crippen molar-refractivity contribution in [3.05, 3.63) is 164 Å². The van der Waals surface area contributed by atoms with E-state index in [-0.39, 0.29) is 0 Å². The van der Waals surface area contributed by atoms with Crippen molar-refractivity contribution in [2.75, 3.05) is 0 Å². The van der Waals surface area contributed by atoms with Crippen LogP contribution in [0.25, 0.3) is 93.1 Å². The lowest BCUT2D eigenvalue weighted by atomic mass is 10.0. The van der Waals surface area contributed by atoms with Gasteiger partial charge in [-0.25, -0.2) is 15.0 Å². The maximum Gasteiger partial charge on any atom is 0.184 e. The Balaban J connectivity index is 1.22. The van der Waals surface area contributed by atoms with E-state index in [0.29, 0.717) is 23.2 Å². The summed E-state index contributed by atoms with van der Waals surface area (Å²) in [4.78, 5) is 20.0. The van der Waals surface area contributed by atoms with Crippen LogP contribution in [0.4, 0.5) is 0 Å². The maximum atomic E-state index is 5.05. The van der Waals surface area contributed by atoms with Crippen LogP contribution in [0.2, 0.25) is 0 Å². The van der Waals surface area contributed by atoms with Crippen molar-refractivity contribution < 1.29 is 0 Å². The lowest BCUT2D eigenvalue weighted by Gasteiger charge is -2.14. The largest absolute Gasteiger partial charge is 0.307 e. The van der Waals surface area contributed by atoms with E-state index in [1.165, 1.54) is 42.1 Å². The highest BCUT2D eigenvalue weighted by atomic mass is 32.1. The van der Waals surface area contributed by atoms with E-state index in [2.05, 4.69) is 95.6 Å². The van der Waals surface area contributed by atoms with Gasteiger partial charge in [0.1, 0.15) is 5.69 Å². The lowest BCUT2D eigenvalue weighted by Crippen LogP contribution is -2.05. The molecule has 0 aliphatic rings. The molecule has 4 heterocycles. The van der Waals surface area contributed by atoms with Crippen molar-refractivity contribution in [3.63, 3.8) is 0 Å². The summed E-state index contributed by atoms with van der Waals surface area (Å²) in [5.41, 5.74) is 8.01. The summed E-state index contributed by atoms with van der Waals surface area (Å²) in [6.07, 6.45) is 1.81. The average Bonchev–Trinajstić information content (AvgIpc) is 3.74. The van der Waals surface area contributed by atoms with E-state index in [4.69, 9.17) is 19.9 Å². The van der Waals surface area contributed by atoms with Crippen LogP contribution in [0, 0.1) is 0 Å². The second-order valence-corrected chi connectivity index (χ2v) is 13.3. The standard InChI is InChI=1S/C44H27N5S/c1-3-13-28(14-4-1)42-46-43(29-15-5-2-6-16-29)48-44(47-42)40-37(22-12-26-45-40)49-36-21-9-7-17-32(36)33-25-24-30(27-38(33)49)31-19-11-20-35-34-18-8-10-23-39(34)50-41(31)35/h1-27H. The molecule has 0 radical (unpaired) electrons. The first-order valence-corrected chi connectivity index (χ1v) is 17.4. The van der Waals surface area contributed by atoms with Crippen LogP contribution < -0.4 is 0 Å². The number of pyridine rings is 1. The van der Waals surface area contributed by atoms with Gasteiger partial charge in [0.05, 0.1) is 16.7 Å². The van der Waals surface area contributed by atoms with Crippen molar-refractivity contribution in [2.45, 2.75) is 0 Å². The van der Waals surface area contributed by atoms with Crippen LogP contribution >= 0.6 is 11.3 Å². The van der Waals surface area contributed by atoms with E-state index >= 15 is 0 Å². The van der Waals surface area contributed by atoms with E-state index in [9.17, 15) is 0 Å². The molecule has 0 saturated carbocycles. The number of rotatable bonds is 5. The number of nitrogens with zero attached hydrogens (tertiary/aromatic N) is 5. The Labute approximate surface area is 291 Å². The van der Waals surface area contributed by atoms with Gasteiger partial charge >= 0.3 is 0 Å². The Bertz CT molecular complexity index is 2820. The van der Waals surface area contributed by atoms with E-state index < -0.39 is 0 Å². The molecule has 234 valence electrons. The van der Waals surface area contributed by atoms with E-state index in [1.54, 1.807) is 0 Å². The molecule has 10 rings (SSSR count). The zero-order valence-corrected chi connectivity index (χ0v) is 27.5. The molecule has 6 heteroatoms. The highest BCUT2D eigenvalue weighted by molar-refractivity contribution is 7.26. The monoisotopic (exact) mass is 657 g/mol. The quantitative estimate of drug-likeness (QED) is 0.185. The molecule has 0 aliphatic carbocycles. The van der Waals surface area contributed by atoms with Gasteiger partial charge in [0.15, 0.2) is 17.5 Å². The van der Waals surface area contributed by atoms with Crippen LogP contribution in [0.5, 0.6) is 0 Å². The minimum Gasteiger partial charge on any atom is -0.307 e. The fraction of sp³-hybridized carbons (Fsp3) is 0. The van der Waals surface area contributed by atoms with Gasteiger partial charge in [-0.1, -0.05) is 127 Å². The molecular formula is C44H27N5S. The molecule has 0 saturated heterocycles. The van der Waals surface area contributed by atoms with Gasteiger partial charge in [0, 0.05) is 48.3 Å². The Morgan fingerprint density at radius 1 is 0.440 bits per heavy atom. The van der Waals surface area contributed by atoms with Crippen LogP contribution in [0.1, 0.15) is 0 Å². The number of para-hydroxylation sites is 1. The van der Waals surface area contributed by atoms with Crippen molar-refractivity contribution in [3.8, 4) is 51.1 Å². The summed E-state index contributed by atoms with van der Waals surface area (Å²) in [6, 6.07) is 54.9. The van der Waals surface area contributed by atoms with E-state index in [1.807, 2.05) is 84.3 Å². The third-order valence-corrected chi connectivity index (χ3v) is 10.5. The Kier molecular flexibility index (Phi) is 6.60. The highest BCUT2D eigenvalue weighted by Gasteiger charge is 2.21. The number of aromatic nitrogens is 5. The van der Waals surface area contributed by atoms with Crippen molar-refractivity contribution in [1.82, 2.24) is 24.5 Å². The predicted molar refractivity (Wildman–Crippen MR) is 207 cm³/mol. The number of hydrogen-bond acceptors (Lipinski definition) is 5. The topological polar surface area (TPSA) is 56.5 Å². The fourth-order valence-corrected chi connectivity index (χ4v) is 8.27. The fourth-order valence-electron chi connectivity index (χ4n) is 7.04. The highest BCUT2D eigenvalue weighted by Crippen LogP contribution is 2.42. The Morgan fingerprint density at radius 2 is 1.08 bits per heavy atom. The summed E-state index contributed by atoms with van der Waals surface area (Å²) in [6.45, 7) is 0. The lowest BCUT2D eigenvalue weighted by molar-refractivity contribution is 1.04. The van der Waals surface area contributed by atoms with Crippen molar-refractivity contribution in [2.24, 2.45) is 0 Å². The van der Waals surface area contributed by atoms with Crippen LogP contribution in [-0.4, -0.2) is 24.5 Å². The maximum absolute atomic E-state index is 5.05. The summed E-state index contributed by atoms with van der Waals surface area (Å²) in [7, 11) is 0. The summed E-state index contributed by atoms with van der Waals surface area (Å²) >= 11 is 1.85. The number of fused-ring (bicyclic) bond motifs is 6. The molecule has 0 amide bonds. The smallest absolute Gasteiger partial charge is 0.184 e. The van der Waals surface area contributed by atoms with Gasteiger partial charge in [0.25, 0.3) is 0 Å². The molecular weight excluding hydrogens is 631 g/mol. The van der Waals surface area contributed by atoms with Gasteiger partial charge in [-0.3, -0.25) is 4.98 Å². The molecule has 5 nitrogen and oxygen atoms in total. The zero-order valence-electron chi connectivity index (χ0n) is 26.7. The summed E-state index contributed by atoms with van der Waals surface area (Å²) in [5, 5.41) is 4.94. The van der Waals surface area contributed by atoms with Crippen LogP contribution in [0.15, 0.2) is 164 Å². The first-order chi connectivity index (χ1) is 24.8. The molecule has 0 atom stereocenters. The molecule has 0 spiro atoms. The van der Waals surface area contributed by atoms with Gasteiger partial charge < -0.3 is 4.57 Å². The molecule has 6 aromatic carbocycles. The molecule has 50 heavy (non-hydrogen) atoms. The van der Waals surface area contributed by atoms with Crippen molar-refractivity contribution >= 4 is 53.3 Å². The Morgan fingerprint density at radius 3 is 1.86 bits per heavy atom. The van der Waals surface area contributed by atoms with Gasteiger partial charge in [-0.05, 0) is 41.5 Å². The molecule has 0 N–H and O–H groups in total. The van der Waals surface area contributed by atoms with E-state index in [0.717, 1.165) is 27.8 Å². The number of thiophene rings is 1. The second kappa shape index (κ2) is 11.6. The number of hydrogen-bond donors (Lipinski definition) is 0. The first-order valence-electron chi connectivity index (χ1n) is 16.6. The molecule has 0 fully saturated rings. The minimum absolute atomic E-state index is 0.519. The molecule has 4 aromatic heterocycles. The van der Waals surface area contributed by atoms with Crippen LogP contribution in [-0.2, 0) is 0 Å². The molecule has 0 aliphatic heterocycles. The molecule has 0 bridgehead atoms. The summed E-state index contributed by atoms with van der Waals surface area (Å²) in [5.74, 6) is 1.73. The van der Waals surface area contributed by atoms with Crippen LogP contribution in [0.3, 0.4) is 0 Å². The van der Waals surface area contributed by atoms with Gasteiger partial charge in [0.2, 0.25) is 0 Å². The second-order valence-electron chi connectivity index (χ2n) is 12.3. The van der Waals surface area contributed by atoms with Gasteiger partial charge in [-0.2, -0.15) is 0 Å². The van der Waals surface area contributed by atoms with Gasteiger partial charge in [-0.15, -0.1) is 11.3 Å². The predicted octanol–water partition coefficient (Wildman–Crippen LogP) is 11.4. The molecule has 10 aromatic rings. The third-order valence-electron chi connectivity index (χ3n) is 9.33. The summed E-state index contributed by atoms with van der Waals surface area (Å²) < 4.78 is 4.91.